The van der Waals surface area contributed by atoms with Gasteiger partial charge in [-0.15, -0.1) is 0 Å². The topological polar surface area (TPSA) is 61.4 Å². The van der Waals surface area contributed by atoms with Crippen molar-refractivity contribution >= 4 is 17.1 Å². The third-order valence-corrected chi connectivity index (χ3v) is 4.49. The third-order valence-electron chi connectivity index (χ3n) is 4.49. The highest BCUT2D eigenvalue weighted by molar-refractivity contribution is 5.73. The fraction of sp³-hybridized carbons (Fsp3) is 0.444. The Balaban J connectivity index is 1.55. The molecule has 0 saturated heterocycles. The summed E-state index contributed by atoms with van der Waals surface area (Å²) < 4.78 is 12.0. The molecule has 1 aromatic heterocycles. The largest absolute Gasteiger partial charge is 0.465 e. The smallest absolute Gasteiger partial charge is 0.419 e. The van der Waals surface area contributed by atoms with E-state index in [4.69, 9.17) is 9.15 Å². The highest BCUT2D eigenvalue weighted by atomic mass is 16.5. The molecule has 1 aromatic carbocycles. The van der Waals surface area contributed by atoms with Crippen LogP contribution in [0.3, 0.4) is 0 Å². The van der Waals surface area contributed by atoms with Crippen molar-refractivity contribution in [2.45, 2.75) is 32.7 Å². The Bertz CT molecular complexity index is 771. The Labute approximate surface area is 134 Å². The zero-order valence-corrected chi connectivity index (χ0v) is 13.2. The van der Waals surface area contributed by atoms with Crippen molar-refractivity contribution in [3.63, 3.8) is 0 Å². The number of hydrogen-bond donors (Lipinski definition) is 0. The van der Waals surface area contributed by atoms with E-state index in [9.17, 15) is 9.59 Å². The Morgan fingerprint density at radius 3 is 2.91 bits per heavy atom. The van der Waals surface area contributed by atoms with E-state index >= 15 is 0 Å². The lowest BCUT2D eigenvalue weighted by Crippen LogP contribution is -2.23. The summed E-state index contributed by atoms with van der Waals surface area (Å²) in [5, 5.41) is 0. The molecule has 2 atom stereocenters. The Hall–Kier alpha value is -2.30. The van der Waals surface area contributed by atoms with Gasteiger partial charge in [-0.3, -0.25) is 9.36 Å². The molecule has 0 radical (unpaired) electrons. The highest BCUT2D eigenvalue weighted by Crippen LogP contribution is 2.25. The van der Waals surface area contributed by atoms with Crippen LogP contribution in [-0.2, 0) is 16.1 Å². The van der Waals surface area contributed by atoms with Gasteiger partial charge in [-0.25, -0.2) is 4.79 Å². The quantitative estimate of drug-likeness (QED) is 0.628. The van der Waals surface area contributed by atoms with Crippen molar-refractivity contribution < 1.29 is 13.9 Å². The molecule has 1 heterocycles. The van der Waals surface area contributed by atoms with Crippen molar-refractivity contribution in [3.05, 3.63) is 47.0 Å². The van der Waals surface area contributed by atoms with E-state index in [0.29, 0.717) is 29.5 Å². The zero-order chi connectivity index (χ0) is 16.2. The van der Waals surface area contributed by atoms with E-state index in [0.717, 1.165) is 12.8 Å². The van der Waals surface area contributed by atoms with Gasteiger partial charge < -0.3 is 9.15 Å². The summed E-state index contributed by atoms with van der Waals surface area (Å²) >= 11 is 0. The summed E-state index contributed by atoms with van der Waals surface area (Å²) in [6.07, 6.45) is 6.49. The molecule has 0 spiro atoms. The number of aromatic nitrogens is 1. The lowest BCUT2D eigenvalue weighted by molar-refractivity contribution is -0.145. The van der Waals surface area contributed by atoms with Crippen LogP contribution in [0.2, 0.25) is 0 Å². The molecule has 0 aliphatic heterocycles. The summed E-state index contributed by atoms with van der Waals surface area (Å²) in [7, 11) is 0. The van der Waals surface area contributed by atoms with Crippen LogP contribution in [0.15, 0.2) is 45.6 Å². The standard InChI is InChI=1S/C18H21NO4/c1-13-6-2-3-7-14(13)12-22-17(20)10-11-19-15-8-4-5-9-16(15)23-18(19)21/h2-5,8-9,13-14H,6-7,10-12H2,1H3/t13-,14+/m0/s1. The molecule has 1 aliphatic rings. The van der Waals surface area contributed by atoms with Gasteiger partial charge >= 0.3 is 11.7 Å². The van der Waals surface area contributed by atoms with Crippen molar-refractivity contribution in [3.8, 4) is 0 Å². The van der Waals surface area contributed by atoms with Gasteiger partial charge in [0.15, 0.2) is 5.58 Å². The van der Waals surface area contributed by atoms with Gasteiger partial charge in [0.25, 0.3) is 0 Å². The molecular weight excluding hydrogens is 294 g/mol. The molecule has 3 rings (SSSR count). The molecule has 0 saturated carbocycles. The highest BCUT2D eigenvalue weighted by Gasteiger charge is 2.20. The van der Waals surface area contributed by atoms with E-state index in [1.165, 1.54) is 4.57 Å². The van der Waals surface area contributed by atoms with E-state index in [1.807, 2.05) is 18.2 Å². The normalized spacial score (nSPS) is 20.7. The van der Waals surface area contributed by atoms with Crippen LogP contribution >= 0.6 is 0 Å². The second kappa shape index (κ2) is 6.86. The zero-order valence-electron chi connectivity index (χ0n) is 13.2. The first-order valence-electron chi connectivity index (χ1n) is 8.04. The van der Waals surface area contributed by atoms with Gasteiger partial charge in [-0.05, 0) is 36.8 Å². The van der Waals surface area contributed by atoms with Crippen LogP contribution in [0.1, 0.15) is 26.2 Å². The Kier molecular flexibility index (Phi) is 4.65. The van der Waals surface area contributed by atoms with Crippen LogP contribution < -0.4 is 5.76 Å². The average Bonchev–Trinajstić information content (AvgIpc) is 2.87. The minimum Gasteiger partial charge on any atom is -0.465 e. The first kappa shape index (κ1) is 15.6. The summed E-state index contributed by atoms with van der Waals surface area (Å²) in [5.74, 6) is 0.212. The number of ether oxygens (including phenoxy) is 1. The number of oxazole rings is 1. The van der Waals surface area contributed by atoms with Crippen LogP contribution in [-0.4, -0.2) is 17.1 Å². The number of carbonyl (C=O) groups is 1. The molecule has 0 amide bonds. The monoisotopic (exact) mass is 315 g/mol. The maximum Gasteiger partial charge on any atom is 0.419 e. The molecular formula is C18H21NO4. The fourth-order valence-electron chi connectivity index (χ4n) is 2.94. The van der Waals surface area contributed by atoms with Crippen LogP contribution in [0.4, 0.5) is 0 Å². The van der Waals surface area contributed by atoms with Gasteiger partial charge in [0, 0.05) is 6.54 Å². The van der Waals surface area contributed by atoms with Gasteiger partial charge in [-0.1, -0.05) is 31.2 Å². The SMILES string of the molecule is C[C@H]1CC=CC[C@@H]1COC(=O)CCn1c(=O)oc2ccccc21. The second-order valence-corrected chi connectivity index (χ2v) is 6.10. The van der Waals surface area contributed by atoms with Crippen molar-refractivity contribution in [2.75, 3.05) is 6.61 Å². The number of fused-ring (bicyclic) bond motifs is 1. The number of nitrogens with zero attached hydrogens (tertiary/aromatic N) is 1. The number of aryl methyl sites for hydroxylation is 1. The second-order valence-electron chi connectivity index (χ2n) is 6.10. The molecule has 0 bridgehead atoms. The average molecular weight is 315 g/mol. The number of esters is 1. The number of benzene rings is 1. The molecule has 5 nitrogen and oxygen atoms in total. The maximum absolute atomic E-state index is 11.9. The van der Waals surface area contributed by atoms with Crippen molar-refractivity contribution in [1.82, 2.24) is 4.57 Å². The van der Waals surface area contributed by atoms with Gasteiger partial charge in [0.1, 0.15) is 0 Å². The van der Waals surface area contributed by atoms with Gasteiger partial charge in [-0.2, -0.15) is 0 Å². The lowest BCUT2D eigenvalue weighted by Gasteiger charge is -2.24. The predicted octanol–water partition coefficient (Wildman–Crippen LogP) is 3.13. The van der Waals surface area contributed by atoms with E-state index in [1.54, 1.807) is 6.07 Å². The summed E-state index contributed by atoms with van der Waals surface area (Å²) in [5.41, 5.74) is 1.24. The minimum atomic E-state index is -0.440. The van der Waals surface area contributed by atoms with Crippen LogP contribution in [0, 0.1) is 11.8 Å². The molecule has 23 heavy (non-hydrogen) atoms. The third kappa shape index (κ3) is 3.55. The van der Waals surface area contributed by atoms with Crippen LogP contribution in [0.25, 0.3) is 11.1 Å². The molecule has 0 N–H and O–H groups in total. The summed E-state index contributed by atoms with van der Waals surface area (Å²) in [4.78, 5) is 23.8. The molecule has 122 valence electrons. The maximum atomic E-state index is 11.9. The first-order valence-corrected chi connectivity index (χ1v) is 8.04. The molecule has 0 fully saturated rings. The molecule has 1 aliphatic carbocycles. The Morgan fingerprint density at radius 2 is 2.09 bits per heavy atom. The summed E-state index contributed by atoms with van der Waals surface area (Å²) in [6.45, 7) is 2.90. The van der Waals surface area contributed by atoms with E-state index in [-0.39, 0.29) is 18.9 Å². The number of allylic oxidation sites excluding steroid dienone is 2. The lowest BCUT2D eigenvalue weighted by atomic mass is 9.85. The predicted molar refractivity (Wildman–Crippen MR) is 87.1 cm³/mol. The van der Waals surface area contributed by atoms with E-state index in [2.05, 4.69) is 19.1 Å². The molecule has 2 aromatic rings. The number of carbonyl (C=O) groups excluding carboxylic acids is 1. The minimum absolute atomic E-state index is 0.167. The Morgan fingerprint density at radius 1 is 1.30 bits per heavy atom. The first-order chi connectivity index (χ1) is 11.1. The number of para-hydroxylation sites is 2. The van der Waals surface area contributed by atoms with Crippen molar-refractivity contribution in [1.29, 1.82) is 0 Å². The van der Waals surface area contributed by atoms with Crippen molar-refractivity contribution in [2.24, 2.45) is 11.8 Å². The summed E-state index contributed by atoms with van der Waals surface area (Å²) in [6, 6.07) is 7.19. The fourth-order valence-corrected chi connectivity index (χ4v) is 2.94. The van der Waals surface area contributed by atoms with E-state index < -0.39 is 5.76 Å². The number of hydrogen-bond acceptors (Lipinski definition) is 4. The molecule has 0 unspecified atom stereocenters. The molecule has 5 heteroatoms. The number of rotatable bonds is 5. The van der Waals surface area contributed by atoms with Gasteiger partial charge in [0.2, 0.25) is 0 Å². The van der Waals surface area contributed by atoms with Gasteiger partial charge in [0.05, 0.1) is 18.5 Å². The van der Waals surface area contributed by atoms with Crippen LogP contribution in [0.5, 0.6) is 0 Å².